The third-order valence-electron chi connectivity index (χ3n) is 4.06. The lowest BCUT2D eigenvalue weighted by Crippen LogP contribution is -2.51. The third-order valence-corrected chi connectivity index (χ3v) is 4.06. The predicted molar refractivity (Wildman–Crippen MR) is 91.9 cm³/mol. The second kappa shape index (κ2) is 7.21. The number of hydrogen-bond donors (Lipinski definition) is 2. The second-order valence-corrected chi connectivity index (χ2v) is 5.76. The maximum atomic E-state index is 13.0. The zero-order chi connectivity index (χ0) is 17.8. The highest BCUT2D eigenvalue weighted by Gasteiger charge is 2.26. The Morgan fingerprint density at radius 2 is 1.68 bits per heavy atom. The van der Waals surface area contributed by atoms with Crippen LogP contribution in [0.2, 0.25) is 0 Å². The molecule has 130 valence electrons. The summed E-state index contributed by atoms with van der Waals surface area (Å²) in [6, 6.07) is 12.2. The molecular formula is C18H18FN3O3. The van der Waals surface area contributed by atoms with Gasteiger partial charge in [0.1, 0.15) is 11.6 Å². The summed E-state index contributed by atoms with van der Waals surface area (Å²) in [6.45, 7) is 1.95. The van der Waals surface area contributed by atoms with E-state index in [-0.39, 0.29) is 11.6 Å². The average molecular weight is 343 g/mol. The summed E-state index contributed by atoms with van der Waals surface area (Å²) < 4.78 is 13.0. The van der Waals surface area contributed by atoms with Crippen molar-refractivity contribution in [1.29, 1.82) is 0 Å². The van der Waals surface area contributed by atoms with E-state index in [1.165, 1.54) is 29.2 Å². The number of nitrogens with one attached hydrogen (secondary N) is 1. The summed E-state index contributed by atoms with van der Waals surface area (Å²) in [6.07, 6.45) is 0. The molecule has 1 saturated heterocycles. The molecule has 0 spiro atoms. The Morgan fingerprint density at radius 1 is 1.00 bits per heavy atom. The zero-order valence-corrected chi connectivity index (χ0v) is 13.5. The number of carbonyl (C=O) groups excluding carboxylic acids is 2. The summed E-state index contributed by atoms with van der Waals surface area (Å²) in [5.74, 6) is -1.62. The minimum absolute atomic E-state index is 0.0122. The summed E-state index contributed by atoms with van der Waals surface area (Å²) in [4.78, 5) is 27.9. The van der Waals surface area contributed by atoms with Crippen molar-refractivity contribution >= 4 is 23.2 Å². The maximum absolute atomic E-state index is 13.0. The molecule has 0 bridgehead atoms. The zero-order valence-electron chi connectivity index (χ0n) is 13.5. The molecule has 25 heavy (non-hydrogen) atoms. The fourth-order valence-corrected chi connectivity index (χ4v) is 2.73. The Morgan fingerprint density at radius 3 is 2.32 bits per heavy atom. The lowest BCUT2D eigenvalue weighted by atomic mass is 10.2. The quantitative estimate of drug-likeness (QED) is 0.816. The average Bonchev–Trinajstić information content (AvgIpc) is 2.62. The Hall–Kier alpha value is -3.09. The number of rotatable bonds is 2. The van der Waals surface area contributed by atoms with E-state index < -0.39 is 11.8 Å². The smallest absolute Gasteiger partial charge is 0.313 e. The topological polar surface area (TPSA) is 72.9 Å². The van der Waals surface area contributed by atoms with Crippen LogP contribution in [0.25, 0.3) is 0 Å². The van der Waals surface area contributed by atoms with Crippen molar-refractivity contribution in [2.45, 2.75) is 0 Å². The van der Waals surface area contributed by atoms with Gasteiger partial charge in [0.15, 0.2) is 0 Å². The summed E-state index contributed by atoms with van der Waals surface area (Å²) in [5, 5.41) is 11.9. The van der Waals surface area contributed by atoms with Crippen molar-refractivity contribution in [2.24, 2.45) is 0 Å². The molecule has 2 N–H and O–H groups in total. The molecule has 0 unspecified atom stereocenters. The van der Waals surface area contributed by atoms with Crippen molar-refractivity contribution in [2.75, 3.05) is 36.4 Å². The number of aromatic hydroxyl groups is 1. The normalized spacial score (nSPS) is 14.3. The molecular weight excluding hydrogens is 325 g/mol. The number of benzene rings is 2. The monoisotopic (exact) mass is 343 g/mol. The van der Waals surface area contributed by atoms with Gasteiger partial charge in [-0.3, -0.25) is 9.59 Å². The van der Waals surface area contributed by atoms with E-state index >= 15 is 0 Å². The van der Waals surface area contributed by atoms with Gasteiger partial charge in [0, 0.05) is 43.6 Å². The number of piperazine rings is 1. The van der Waals surface area contributed by atoms with Gasteiger partial charge in [-0.05, 0) is 36.4 Å². The Kier molecular flexibility index (Phi) is 4.83. The van der Waals surface area contributed by atoms with Crippen molar-refractivity contribution in [3.63, 3.8) is 0 Å². The molecule has 0 aromatic heterocycles. The molecule has 0 saturated carbocycles. The first kappa shape index (κ1) is 16.8. The molecule has 0 radical (unpaired) electrons. The molecule has 2 amide bonds. The van der Waals surface area contributed by atoms with Gasteiger partial charge in [-0.15, -0.1) is 0 Å². The highest BCUT2D eigenvalue weighted by atomic mass is 19.1. The van der Waals surface area contributed by atoms with Crippen LogP contribution in [-0.2, 0) is 9.59 Å². The molecule has 1 aliphatic heterocycles. The van der Waals surface area contributed by atoms with Gasteiger partial charge in [-0.2, -0.15) is 0 Å². The SMILES string of the molecule is O=C(Nc1cccc(O)c1)C(=O)N1CCN(c2ccc(F)cc2)CC1. The first-order valence-electron chi connectivity index (χ1n) is 7.93. The minimum atomic E-state index is -0.735. The number of carbonyl (C=O) groups is 2. The van der Waals surface area contributed by atoms with Crippen LogP contribution in [0.5, 0.6) is 5.75 Å². The first-order valence-corrected chi connectivity index (χ1v) is 7.93. The number of amides is 2. The van der Waals surface area contributed by atoms with Crippen molar-refractivity contribution in [3.05, 3.63) is 54.3 Å². The van der Waals surface area contributed by atoms with E-state index in [1.807, 2.05) is 4.90 Å². The van der Waals surface area contributed by atoms with E-state index in [0.29, 0.717) is 31.9 Å². The van der Waals surface area contributed by atoms with Gasteiger partial charge in [0.2, 0.25) is 0 Å². The molecule has 2 aromatic carbocycles. The molecule has 0 aliphatic carbocycles. The minimum Gasteiger partial charge on any atom is -0.508 e. The van der Waals surface area contributed by atoms with Crippen LogP contribution in [0.1, 0.15) is 0 Å². The van der Waals surface area contributed by atoms with E-state index in [2.05, 4.69) is 5.32 Å². The van der Waals surface area contributed by atoms with E-state index in [0.717, 1.165) is 5.69 Å². The number of phenols is 1. The van der Waals surface area contributed by atoms with Gasteiger partial charge in [0.05, 0.1) is 0 Å². The van der Waals surface area contributed by atoms with Crippen LogP contribution < -0.4 is 10.2 Å². The first-order chi connectivity index (χ1) is 12.0. The van der Waals surface area contributed by atoms with Crippen LogP contribution >= 0.6 is 0 Å². The Labute approximate surface area is 144 Å². The fourth-order valence-electron chi connectivity index (χ4n) is 2.73. The number of nitrogens with zero attached hydrogens (tertiary/aromatic N) is 2. The molecule has 1 fully saturated rings. The van der Waals surface area contributed by atoms with E-state index in [1.54, 1.807) is 24.3 Å². The van der Waals surface area contributed by atoms with Crippen LogP contribution in [-0.4, -0.2) is 48.0 Å². The molecule has 7 heteroatoms. The van der Waals surface area contributed by atoms with E-state index in [4.69, 9.17) is 0 Å². The van der Waals surface area contributed by atoms with Crippen LogP contribution in [0.3, 0.4) is 0 Å². The number of phenolic OH excluding ortho intramolecular Hbond substituents is 1. The number of halogens is 1. The van der Waals surface area contributed by atoms with Crippen molar-refractivity contribution in [3.8, 4) is 5.75 Å². The number of anilines is 2. The molecule has 3 rings (SSSR count). The molecule has 1 heterocycles. The molecule has 2 aromatic rings. The standard InChI is InChI=1S/C18H18FN3O3/c19-13-4-6-15(7-5-13)21-8-10-22(11-9-21)18(25)17(24)20-14-2-1-3-16(23)12-14/h1-7,12,23H,8-11H2,(H,20,24). The lowest BCUT2D eigenvalue weighted by Gasteiger charge is -2.35. The fraction of sp³-hybridized carbons (Fsp3) is 0.222. The summed E-state index contributed by atoms with van der Waals surface area (Å²) >= 11 is 0. The van der Waals surface area contributed by atoms with Gasteiger partial charge in [-0.25, -0.2) is 4.39 Å². The third kappa shape index (κ3) is 4.06. The van der Waals surface area contributed by atoms with Crippen molar-refractivity contribution < 1.29 is 19.1 Å². The van der Waals surface area contributed by atoms with Crippen molar-refractivity contribution in [1.82, 2.24) is 4.90 Å². The van der Waals surface area contributed by atoms with Gasteiger partial charge >= 0.3 is 11.8 Å². The Balaban J connectivity index is 1.55. The Bertz CT molecular complexity index is 771. The second-order valence-electron chi connectivity index (χ2n) is 5.76. The van der Waals surface area contributed by atoms with E-state index in [9.17, 15) is 19.1 Å². The molecule has 1 aliphatic rings. The highest BCUT2D eigenvalue weighted by molar-refractivity contribution is 6.39. The molecule has 0 atom stereocenters. The van der Waals surface area contributed by atoms with Crippen LogP contribution in [0.4, 0.5) is 15.8 Å². The largest absolute Gasteiger partial charge is 0.508 e. The summed E-state index contributed by atoms with van der Waals surface area (Å²) in [7, 11) is 0. The number of hydrogen-bond acceptors (Lipinski definition) is 4. The van der Waals surface area contributed by atoms with Crippen LogP contribution in [0, 0.1) is 5.82 Å². The van der Waals surface area contributed by atoms with Gasteiger partial charge < -0.3 is 20.2 Å². The van der Waals surface area contributed by atoms with Gasteiger partial charge in [0.25, 0.3) is 0 Å². The maximum Gasteiger partial charge on any atom is 0.313 e. The lowest BCUT2D eigenvalue weighted by molar-refractivity contribution is -0.143. The van der Waals surface area contributed by atoms with Crippen LogP contribution in [0.15, 0.2) is 48.5 Å². The van der Waals surface area contributed by atoms with Gasteiger partial charge in [-0.1, -0.05) is 6.07 Å². The molecule has 6 nitrogen and oxygen atoms in total. The highest BCUT2D eigenvalue weighted by Crippen LogP contribution is 2.18. The predicted octanol–water partition coefficient (Wildman–Crippen LogP) is 1.82. The summed E-state index contributed by atoms with van der Waals surface area (Å²) in [5.41, 5.74) is 1.25.